The van der Waals surface area contributed by atoms with Crippen LogP contribution in [-0.4, -0.2) is 16.7 Å². The second-order valence-corrected chi connectivity index (χ2v) is 9.08. The maximum Gasteiger partial charge on any atom is 0.190 e. The number of carbonyl (C=O) groups is 2. The topological polar surface area (TPSA) is 54.4 Å². The van der Waals surface area contributed by atoms with E-state index in [1.54, 1.807) is 55.5 Å². The lowest BCUT2D eigenvalue weighted by Crippen LogP contribution is -2.08. The number of phenols is 1. The maximum atomic E-state index is 13.5. The van der Waals surface area contributed by atoms with Crippen LogP contribution < -0.4 is 0 Å². The Morgan fingerprint density at radius 1 is 0.694 bits per heavy atom. The molecule has 0 fully saturated rings. The number of carbonyl (C=O) groups excluding carboxylic acids is 2. The van der Waals surface area contributed by atoms with Gasteiger partial charge in [-0.05, 0) is 71.7 Å². The summed E-state index contributed by atoms with van der Waals surface area (Å²) < 4.78 is 0. The summed E-state index contributed by atoms with van der Waals surface area (Å²) in [5.74, 6) is -0.916. The van der Waals surface area contributed by atoms with E-state index in [1.807, 2.05) is 42.5 Å². The Morgan fingerprint density at radius 3 is 1.75 bits per heavy atom. The molecule has 0 amide bonds. The van der Waals surface area contributed by atoms with Crippen LogP contribution in [-0.2, 0) is 0 Å². The van der Waals surface area contributed by atoms with Gasteiger partial charge in [0.1, 0.15) is 5.75 Å². The number of hydrogen-bond donors (Lipinski definition) is 1. The van der Waals surface area contributed by atoms with E-state index in [-0.39, 0.29) is 17.1 Å². The first kappa shape index (κ1) is 25.2. The van der Waals surface area contributed by atoms with Gasteiger partial charge in [0, 0.05) is 21.2 Å². The Kier molecular flexibility index (Phi) is 7.84. The molecule has 0 aliphatic rings. The summed E-state index contributed by atoms with van der Waals surface area (Å²) >= 11 is 12.1. The fourth-order valence-corrected chi connectivity index (χ4v) is 4.39. The lowest BCUT2D eigenvalue weighted by Gasteiger charge is -2.16. The van der Waals surface area contributed by atoms with Gasteiger partial charge in [0.15, 0.2) is 11.6 Å². The largest absolute Gasteiger partial charge is 0.507 e. The van der Waals surface area contributed by atoms with Crippen molar-refractivity contribution in [2.45, 2.75) is 6.92 Å². The van der Waals surface area contributed by atoms with Crippen molar-refractivity contribution < 1.29 is 14.7 Å². The molecular formula is C31H22Cl2O3. The number of benzene rings is 4. The monoisotopic (exact) mass is 512 g/mol. The van der Waals surface area contributed by atoms with Gasteiger partial charge in [-0.15, -0.1) is 0 Å². The van der Waals surface area contributed by atoms with Crippen LogP contribution in [0.4, 0.5) is 0 Å². The summed E-state index contributed by atoms with van der Waals surface area (Å²) in [7, 11) is 0. The van der Waals surface area contributed by atoms with Crippen molar-refractivity contribution in [2.24, 2.45) is 0 Å². The Morgan fingerprint density at radius 2 is 1.22 bits per heavy atom. The predicted octanol–water partition coefficient (Wildman–Crippen LogP) is 8.47. The number of rotatable bonds is 7. The average molecular weight is 513 g/mol. The summed E-state index contributed by atoms with van der Waals surface area (Å²) in [5, 5.41) is 12.0. The molecule has 0 spiro atoms. The molecule has 4 aromatic rings. The molecule has 36 heavy (non-hydrogen) atoms. The van der Waals surface area contributed by atoms with Gasteiger partial charge in [-0.25, -0.2) is 0 Å². The Hall–Kier alpha value is -3.92. The fraction of sp³-hybridized carbons (Fsp3) is 0.0323. The zero-order valence-electron chi connectivity index (χ0n) is 19.4. The molecule has 0 aliphatic heterocycles. The number of ketones is 2. The van der Waals surface area contributed by atoms with Crippen molar-refractivity contribution in [1.82, 2.24) is 0 Å². The number of aryl methyl sites for hydroxylation is 1. The zero-order valence-corrected chi connectivity index (χ0v) is 20.9. The SMILES string of the molecule is Cc1cc(O)c(C(=O)C=Cc2cccc(Cl)c2)c(-c2ccccc2)c1C(=O)C=Cc1cccc(Cl)c1. The Labute approximate surface area is 220 Å². The van der Waals surface area contributed by atoms with Crippen LogP contribution in [0.15, 0.2) is 97.1 Å². The molecule has 0 unspecified atom stereocenters. The zero-order chi connectivity index (χ0) is 25.7. The standard InChI is InChI=1S/C31H22Cl2O3/c1-20-17-28(36)31(27(35)16-14-22-8-6-12-25(33)19-22)30(23-9-3-2-4-10-23)29(20)26(34)15-13-21-7-5-11-24(32)18-21/h2-19,36H,1H3. The van der Waals surface area contributed by atoms with Gasteiger partial charge in [-0.2, -0.15) is 0 Å². The van der Waals surface area contributed by atoms with Crippen molar-refractivity contribution in [3.8, 4) is 16.9 Å². The first-order chi connectivity index (χ1) is 17.3. The van der Waals surface area contributed by atoms with Gasteiger partial charge in [0.2, 0.25) is 0 Å². The second-order valence-electron chi connectivity index (χ2n) is 8.21. The Balaban J connectivity index is 1.84. The average Bonchev–Trinajstić information content (AvgIpc) is 2.86. The van der Waals surface area contributed by atoms with Crippen LogP contribution >= 0.6 is 23.2 Å². The number of halogens is 2. The van der Waals surface area contributed by atoms with E-state index in [0.717, 1.165) is 11.1 Å². The molecule has 4 aromatic carbocycles. The quantitative estimate of drug-likeness (QED) is 0.199. The number of aromatic hydroxyl groups is 1. The molecule has 3 nitrogen and oxygen atoms in total. The third-order valence-electron chi connectivity index (χ3n) is 5.61. The molecule has 0 atom stereocenters. The van der Waals surface area contributed by atoms with E-state index in [2.05, 4.69) is 0 Å². The fourth-order valence-electron chi connectivity index (χ4n) is 3.99. The highest BCUT2D eigenvalue weighted by Crippen LogP contribution is 2.37. The molecule has 5 heteroatoms. The van der Waals surface area contributed by atoms with Crippen molar-refractivity contribution in [2.75, 3.05) is 0 Å². The highest BCUT2D eigenvalue weighted by molar-refractivity contribution is 6.31. The lowest BCUT2D eigenvalue weighted by molar-refractivity contribution is 0.104. The van der Waals surface area contributed by atoms with Crippen molar-refractivity contribution in [3.05, 3.63) is 135 Å². The van der Waals surface area contributed by atoms with Crippen LogP contribution in [0.2, 0.25) is 10.0 Å². The minimum absolute atomic E-state index is 0.0598. The molecule has 0 radical (unpaired) electrons. The van der Waals surface area contributed by atoms with Gasteiger partial charge in [0.25, 0.3) is 0 Å². The van der Waals surface area contributed by atoms with Crippen LogP contribution in [0.1, 0.15) is 37.4 Å². The molecule has 0 bridgehead atoms. The second kappa shape index (κ2) is 11.2. The molecule has 0 aromatic heterocycles. The summed E-state index contributed by atoms with van der Waals surface area (Å²) in [6, 6.07) is 24.8. The van der Waals surface area contributed by atoms with Crippen LogP contribution in [0, 0.1) is 6.92 Å². The molecule has 0 heterocycles. The van der Waals surface area contributed by atoms with E-state index < -0.39 is 5.78 Å². The van der Waals surface area contributed by atoms with Crippen molar-refractivity contribution in [1.29, 1.82) is 0 Å². The van der Waals surface area contributed by atoms with Gasteiger partial charge in [-0.3, -0.25) is 9.59 Å². The van der Waals surface area contributed by atoms with Crippen molar-refractivity contribution >= 4 is 46.9 Å². The van der Waals surface area contributed by atoms with Gasteiger partial charge < -0.3 is 5.11 Å². The third kappa shape index (κ3) is 5.83. The molecule has 0 aliphatic carbocycles. The number of allylic oxidation sites excluding steroid dienone is 2. The van der Waals surface area contributed by atoms with Crippen LogP contribution in [0.3, 0.4) is 0 Å². The molecule has 0 saturated heterocycles. The van der Waals surface area contributed by atoms with Crippen molar-refractivity contribution in [3.63, 3.8) is 0 Å². The maximum absolute atomic E-state index is 13.5. The molecule has 178 valence electrons. The predicted molar refractivity (Wildman–Crippen MR) is 148 cm³/mol. The number of phenolic OH excluding ortho intramolecular Hbond substituents is 1. The first-order valence-electron chi connectivity index (χ1n) is 11.2. The minimum Gasteiger partial charge on any atom is -0.507 e. The summed E-state index contributed by atoms with van der Waals surface area (Å²) in [5.41, 5.74) is 3.51. The van der Waals surface area contributed by atoms with E-state index >= 15 is 0 Å². The Bertz CT molecular complexity index is 1410. The molecule has 1 N–H and O–H groups in total. The van der Waals surface area contributed by atoms with E-state index in [4.69, 9.17) is 23.2 Å². The molecular weight excluding hydrogens is 491 g/mol. The van der Waals surface area contributed by atoms with E-state index in [1.165, 1.54) is 18.2 Å². The normalized spacial score (nSPS) is 11.3. The number of hydrogen-bond acceptors (Lipinski definition) is 3. The lowest BCUT2D eigenvalue weighted by atomic mass is 9.86. The highest BCUT2D eigenvalue weighted by atomic mass is 35.5. The first-order valence-corrected chi connectivity index (χ1v) is 12.0. The van der Waals surface area contributed by atoms with Crippen LogP contribution in [0.5, 0.6) is 5.75 Å². The van der Waals surface area contributed by atoms with E-state index in [0.29, 0.717) is 32.3 Å². The molecule has 0 saturated carbocycles. The van der Waals surface area contributed by atoms with Gasteiger partial charge >= 0.3 is 0 Å². The van der Waals surface area contributed by atoms with Gasteiger partial charge in [0.05, 0.1) is 5.56 Å². The molecule has 4 rings (SSSR count). The summed E-state index contributed by atoms with van der Waals surface area (Å²) in [4.78, 5) is 26.9. The minimum atomic E-state index is -0.431. The smallest absolute Gasteiger partial charge is 0.190 e. The third-order valence-corrected chi connectivity index (χ3v) is 6.08. The summed E-state index contributed by atoms with van der Waals surface area (Å²) in [6.07, 6.45) is 6.13. The van der Waals surface area contributed by atoms with Crippen LogP contribution in [0.25, 0.3) is 23.3 Å². The highest BCUT2D eigenvalue weighted by Gasteiger charge is 2.24. The summed E-state index contributed by atoms with van der Waals surface area (Å²) in [6.45, 7) is 1.74. The van der Waals surface area contributed by atoms with Gasteiger partial charge in [-0.1, -0.05) is 90.0 Å². The van der Waals surface area contributed by atoms with E-state index in [9.17, 15) is 14.7 Å².